The van der Waals surface area contributed by atoms with Gasteiger partial charge in [-0.15, -0.1) is 0 Å². The monoisotopic (exact) mass is 315 g/mol. The molecule has 1 saturated heterocycles. The molecule has 0 bridgehead atoms. The Hall–Kier alpha value is -1.65. The molecule has 0 N–H and O–H groups in total. The highest BCUT2D eigenvalue weighted by Gasteiger charge is 2.46. The molecule has 0 radical (unpaired) electrons. The third-order valence-corrected chi connectivity index (χ3v) is 5.62. The van der Waals surface area contributed by atoms with Crippen LogP contribution in [0.5, 0.6) is 0 Å². The maximum absolute atomic E-state index is 12.8. The fraction of sp³-hybridized carbons (Fsp3) is 0.722. The molecule has 1 amide bonds. The van der Waals surface area contributed by atoms with Crippen molar-refractivity contribution < 1.29 is 9.32 Å². The SMILES string of the molecule is Cc1nc(C2(CC3CC3)CCCN(C(=O)C3CC=CC3)C2)no1. The van der Waals surface area contributed by atoms with E-state index in [2.05, 4.69) is 27.2 Å². The van der Waals surface area contributed by atoms with E-state index in [1.54, 1.807) is 0 Å². The standard InChI is InChI=1S/C18H25N3O2/c1-13-19-17(20-23-13)18(11-14-7-8-14)9-4-10-21(12-18)16(22)15-5-2-3-6-15/h2-3,14-15H,4-12H2,1H3. The Labute approximate surface area is 137 Å². The Morgan fingerprint density at radius 3 is 2.83 bits per heavy atom. The van der Waals surface area contributed by atoms with E-state index in [9.17, 15) is 4.79 Å². The zero-order valence-electron chi connectivity index (χ0n) is 13.8. The van der Waals surface area contributed by atoms with Crippen molar-refractivity contribution in [3.8, 4) is 0 Å². The fourth-order valence-corrected chi connectivity index (χ4v) is 4.23. The lowest BCUT2D eigenvalue weighted by Crippen LogP contribution is -2.50. The molecule has 5 nitrogen and oxygen atoms in total. The Morgan fingerprint density at radius 1 is 1.39 bits per heavy atom. The van der Waals surface area contributed by atoms with Crippen LogP contribution in [0.3, 0.4) is 0 Å². The molecule has 4 rings (SSSR count). The summed E-state index contributed by atoms with van der Waals surface area (Å²) >= 11 is 0. The van der Waals surface area contributed by atoms with Gasteiger partial charge in [-0.05, 0) is 38.0 Å². The normalized spacial score (nSPS) is 28.5. The fourth-order valence-electron chi connectivity index (χ4n) is 4.23. The maximum Gasteiger partial charge on any atom is 0.226 e. The number of allylic oxidation sites excluding steroid dienone is 2. The van der Waals surface area contributed by atoms with Gasteiger partial charge in [-0.1, -0.05) is 30.2 Å². The van der Waals surface area contributed by atoms with Crippen molar-refractivity contribution in [3.63, 3.8) is 0 Å². The van der Waals surface area contributed by atoms with Gasteiger partial charge in [0.25, 0.3) is 0 Å². The third-order valence-electron chi connectivity index (χ3n) is 5.62. The zero-order chi connectivity index (χ0) is 15.9. The summed E-state index contributed by atoms with van der Waals surface area (Å²) in [5, 5.41) is 4.25. The Bertz CT molecular complexity index is 612. The first-order valence-corrected chi connectivity index (χ1v) is 8.91. The first-order chi connectivity index (χ1) is 11.2. The summed E-state index contributed by atoms with van der Waals surface area (Å²) in [5.41, 5.74) is -0.0983. The molecular formula is C18H25N3O2. The van der Waals surface area contributed by atoms with Crippen LogP contribution in [0.25, 0.3) is 0 Å². The van der Waals surface area contributed by atoms with Gasteiger partial charge in [0, 0.05) is 25.9 Å². The van der Waals surface area contributed by atoms with Crippen LogP contribution < -0.4 is 0 Å². The maximum atomic E-state index is 12.8. The van der Waals surface area contributed by atoms with Crippen LogP contribution in [-0.2, 0) is 10.2 Å². The number of rotatable bonds is 4. The van der Waals surface area contributed by atoms with E-state index in [0.717, 1.165) is 56.9 Å². The second-order valence-corrected chi connectivity index (χ2v) is 7.57. The molecule has 1 unspecified atom stereocenters. The van der Waals surface area contributed by atoms with Crippen molar-refractivity contribution >= 4 is 5.91 Å². The highest BCUT2D eigenvalue weighted by atomic mass is 16.5. The van der Waals surface area contributed by atoms with Gasteiger partial charge in [0.15, 0.2) is 5.82 Å². The highest BCUT2D eigenvalue weighted by Crippen LogP contribution is 2.45. The molecule has 1 aromatic heterocycles. The van der Waals surface area contributed by atoms with E-state index in [0.29, 0.717) is 11.8 Å². The molecule has 1 aliphatic heterocycles. The van der Waals surface area contributed by atoms with Gasteiger partial charge in [-0.25, -0.2) is 0 Å². The predicted octanol–water partition coefficient (Wildman–Crippen LogP) is 3.00. The number of amides is 1. The van der Waals surface area contributed by atoms with Crippen LogP contribution in [-0.4, -0.2) is 34.0 Å². The summed E-state index contributed by atoms with van der Waals surface area (Å²) in [4.78, 5) is 19.5. The second-order valence-electron chi connectivity index (χ2n) is 7.57. The molecule has 1 atom stereocenters. The largest absolute Gasteiger partial charge is 0.341 e. The van der Waals surface area contributed by atoms with E-state index in [4.69, 9.17) is 4.52 Å². The summed E-state index contributed by atoms with van der Waals surface area (Å²) in [6, 6.07) is 0. The van der Waals surface area contributed by atoms with Gasteiger partial charge in [-0.3, -0.25) is 4.79 Å². The predicted molar refractivity (Wildman–Crippen MR) is 85.7 cm³/mol. The number of aryl methyl sites for hydroxylation is 1. The molecule has 23 heavy (non-hydrogen) atoms. The minimum absolute atomic E-state index is 0.0983. The number of aromatic nitrogens is 2. The lowest BCUT2D eigenvalue weighted by Gasteiger charge is -2.42. The van der Waals surface area contributed by atoms with Crippen LogP contribution in [0, 0.1) is 18.8 Å². The quantitative estimate of drug-likeness (QED) is 0.801. The molecular weight excluding hydrogens is 290 g/mol. The number of carbonyl (C=O) groups is 1. The molecule has 5 heteroatoms. The van der Waals surface area contributed by atoms with E-state index >= 15 is 0 Å². The van der Waals surface area contributed by atoms with Gasteiger partial charge in [0.2, 0.25) is 11.8 Å². The molecule has 124 valence electrons. The number of piperidine rings is 1. The van der Waals surface area contributed by atoms with Gasteiger partial charge in [-0.2, -0.15) is 4.98 Å². The van der Waals surface area contributed by atoms with Crippen molar-refractivity contribution in [2.45, 2.75) is 57.3 Å². The average molecular weight is 315 g/mol. The van der Waals surface area contributed by atoms with Crippen molar-refractivity contribution in [1.29, 1.82) is 0 Å². The summed E-state index contributed by atoms with van der Waals surface area (Å²) in [5.74, 6) is 2.69. The molecule has 1 saturated carbocycles. The second kappa shape index (κ2) is 5.77. The summed E-state index contributed by atoms with van der Waals surface area (Å²) < 4.78 is 5.27. The van der Waals surface area contributed by atoms with Crippen LogP contribution in [0.2, 0.25) is 0 Å². The third kappa shape index (κ3) is 2.93. The van der Waals surface area contributed by atoms with Crippen LogP contribution in [0.15, 0.2) is 16.7 Å². The summed E-state index contributed by atoms with van der Waals surface area (Å²) in [6.07, 6.45) is 11.9. The van der Waals surface area contributed by atoms with Crippen LogP contribution in [0.4, 0.5) is 0 Å². The number of likely N-dealkylation sites (tertiary alicyclic amines) is 1. The molecule has 2 heterocycles. The first kappa shape index (κ1) is 14.9. The van der Waals surface area contributed by atoms with Gasteiger partial charge in [0.05, 0.1) is 5.41 Å². The van der Waals surface area contributed by atoms with Crippen LogP contribution >= 0.6 is 0 Å². The smallest absolute Gasteiger partial charge is 0.226 e. The number of hydrogen-bond acceptors (Lipinski definition) is 4. The summed E-state index contributed by atoms with van der Waals surface area (Å²) in [6.45, 7) is 3.48. The van der Waals surface area contributed by atoms with E-state index < -0.39 is 0 Å². The summed E-state index contributed by atoms with van der Waals surface area (Å²) in [7, 11) is 0. The number of carbonyl (C=O) groups excluding carboxylic acids is 1. The number of hydrogen-bond donors (Lipinski definition) is 0. The van der Waals surface area contributed by atoms with Crippen LogP contribution in [0.1, 0.15) is 56.7 Å². The molecule has 0 spiro atoms. The Morgan fingerprint density at radius 2 is 2.17 bits per heavy atom. The number of nitrogens with zero attached hydrogens (tertiary/aromatic N) is 3. The van der Waals surface area contributed by atoms with E-state index in [1.165, 1.54) is 12.8 Å². The van der Waals surface area contributed by atoms with Crippen molar-refractivity contribution in [2.75, 3.05) is 13.1 Å². The molecule has 3 aliphatic rings. The van der Waals surface area contributed by atoms with Crippen molar-refractivity contribution in [1.82, 2.24) is 15.0 Å². The minimum atomic E-state index is -0.0983. The highest BCUT2D eigenvalue weighted by molar-refractivity contribution is 5.80. The van der Waals surface area contributed by atoms with Gasteiger partial charge >= 0.3 is 0 Å². The first-order valence-electron chi connectivity index (χ1n) is 8.91. The molecule has 2 aliphatic carbocycles. The molecule has 1 aromatic rings. The van der Waals surface area contributed by atoms with E-state index in [-0.39, 0.29) is 11.3 Å². The Balaban J connectivity index is 1.56. The molecule has 0 aromatic carbocycles. The Kier molecular flexibility index (Phi) is 3.74. The average Bonchev–Trinajstić information content (AvgIpc) is 3.04. The minimum Gasteiger partial charge on any atom is -0.341 e. The lowest BCUT2D eigenvalue weighted by molar-refractivity contribution is -0.137. The van der Waals surface area contributed by atoms with Gasteiger partial charge < -0.3 is 9.42 Å². The lowest BCUT2D eigenvalue weighted by atomic mass is 9.74. The van der Waals surface area contributed by atoms with E-state index in [1.807, 2.05) is 6.92 Å². The van der Waals surface area contributed by atoms with Crippen molar-refractivity contribution in [3.05, 3.63) is 23.9 Å². The molecule has 2 fully saturated rings. The van der Waals surface area contributed by atoms with Crippen molar-refractivity contribution in [2.24, 2.45) is 11.8 Å². The topological polar surface area (TPSA) is 59.2 Å². The zero-order valence-corrected chi connectivity index (χ0v) is 13.8. The van der Waals surface area contributed by atoms with Gasteiger partial charge in [0.1, 0.15) is 0 Å².